The summed E-state index contributed by atoms with van der Waals surface area (Å²) in [6, 6.07) is 1.84. The molecule has 0 spiro atoms. The van der Waals surface area contributed by atoms with Crippen molar-refractivity contribution in [1.82, 2.24) is 9.97 Å². The Labute approximate surface area is 91.8 Å². The largest absolute Gasteiger partial charge is 0.288 e. The summed E-state index contributed by atoms with van der Waals surface area (Å²) in [6.07, 6.45) is 3.29. The number of pyridine rings is 1. The van der Waals surface area contributed by atoms with Crippen molar-refractivity contribution in [1.29, 1.82) is 0 Å². The van der Waals surface area contributed by atoms with E-state index >= 15 is 0 Å². The quantitative estimate of drug-likeness (QED) is 0.727. The Morgan fingerprint density at radius 2 is 2.20 bits per heavy atom. The molecule has 2 aromatic rings. The van der Waals surface area contributed by atoms with Crippen molar-refractivity contribution in [3.63, 3.8) is 0 Å². The summed E-state index contributed by atoms with van der Waals surface area (Å²) in [6.45, 7) is 3.75. The zero-order valence-corrected chi connectivity index (χ0v) is 9.34. The van der Waals surface area contributed by atoms with E-state index in [0.717, 1.165) is 11.3 Å². The lowest BCUT2D eigenvalue weighted by molar-refractivity contribution is 0.104. The predicted molar refractivity (Wildman–Crippen MR) is 59.3 cm³/mol. The molecule has 2 heterocycles. The molecular formula is C11H10N2OS. The van der Waals surface area contributed by atoms with E-state index in [2.05, 4.69) is 9.97 Å². The second-order valence-corrected chi connectivity index (χ2v) is 4.14. The molecule has 0 atom stereocenters. The van der Waals surface area contributed by atoms with Gasteiger partial charge in [0.2, 0.25) is 5.78 Å². The molecule has 0 radical (unpaired) electrons. The molecule has 0 unspecified atom stereocenters. The first-order valence-electron chi connectivity index (χ1n) is 4.55. The van der Waals surface area contributed by atoms with Gasteiger partial charge in [-0.1, -0.05) is 0 Å². The molecule has 4 heteroatoms. The zero-order valence-electron chi connectivity index (χ0n) is 8.52. The normalized spacial score (nSPS) is 10.3. The summed E-state index contributed by atoms with van der Waals surface area (Å²) >= 11 is 1.37. The number of rotatable bonds is 2. The minimum Gasteiger partial charge on any atom is -0.288 e. The van der Waals surface area contributed by atoms with Gasteiger partial charge in [-0.2, -0.15) is 0 Å². The minimum absolute atomic E-state index is 0.0144. The van der Waals surface area contributed by atoms with Gasteiger partial charge in [-0.05, 0) is 25.5 Å². The van der Waals surface area contributed by atoms with E-state index in [-0.39, 0.29) is 5.78 Å². The zero-order chi connectivity index (χ0) is 10.8. The Balaban J connectivity index is 2.46. The number of carbonyl (C=O) groups is 1. The maximum Gasteiger partial charge on any atom is 0.206 e. The summed E-state index contributed by atoms with van der Waals surface area (Å²) in [4.78, 5) is 20.8. The molecule has 0 aliphatic carbocycles. The average molecular weight is 218 g/mol. The number of thiazole rings is 1. The Bertz CT molecular complexity index is 505. The van der Waals surface area contributed by atoms with Crippen LogP contribution >= 0.6 is 11.3 Å². The van der Waals surface area contributed by atoms with Crippen LogP contribution in [0.3, 0.4) is 0 Å². The molecule has 0 saturated heterocycles. The van der Waals surface area contributed by atoms with Gasteiger partial charge in [0.15, 0.2) is 0 Å². The van der Waals surface area contributed by atoms with Crippen LogP contribution in [-0.2, 0) is 0 Å². The van der Waals surface area contributed by atoms with Gasteiger partial charge in [-0.15, -0.1) is 11.3 Å². The first-order valence-corrected chi connectivity index (χ1v) is 5.43. The lowest BCUT2D eigenvalue weighted by Gasteiger charge is -2.01. The second-order valence-electron chi connectivity index (χ2n) is 3.29. The van der Waals surface area contributed by atoms with Crippen LogP contribution in [0.2, 0.25) is 0 Å². The van der Waals surface area contributed by atoms with Crippen LogP contribution in [0.1, 0.15) is 26.5 Å². The third-order valence-corrected chi connectivity index (χ3v) is 3.16. The van der Waals surface area contributed by atoms with Crippen molar-refractivity contribution < 1.29 is 4.79 Å². The Morgan fingerprint density at radius 3 is 2.80 bits per heavy atom. The van der Waals surface area contributed by atoms with Crippen LogP contribution in [0.15, 0.2) is 24.0 Å². The van der Waals surface area contributed by atoms with Crippen molar-refractivity contribution >= 4 is 17.1 Å². The fourth-order valence-corrected chi connectivity index (χ4v) is 2.10. The third kappa shape index (κ3) is 1.80. The Morgan fingerprint density at radius 1 is 1.40 bits per heavy atom. The van der Waals surface area contributed by atoms with Gasteiger partial charge >= 0.3 is 0 Å². The molecular weight excluding hydrogens is 208 g/mol. The number of hydrogen-bond donors (Lipinski definition) is 0. The van der Waals surface area contributed by atoms with Gasteiger partial charge in [0.1, 0.15) is 0 Å². The van der Waals surface area contributed by atoms with Gasteiger partial charge in [0, 0.05) is 18.0 Å². The highest BCUT2D eigenvalue weighted by atomic mass is 32.1. The van der Waals surface area contributed by atoms with E-state index in [0.29, 0.717) is 10.4 Å². The highest BCUT2D eigenvalue weighted by molar-refractivity contribution is 7.12. The van der Waals surface area contributed by atoms with Crippen LogP contribution < -0.4 is 0 Å². The SMILES string of the molecule is Cc1ccncc1C(=O)c1scnc1C. The maximum atomic E-state index is 12.1. The fraction of sp³-hybridized carbons (Fsp3) is 0.182. The molecule has 0 saturated carbocycles. The molecule has 0 aliphatic heterocycles. The summed E-state index contributed by atoms with van der Waals surface area (Å²) < 4.78 is 0. The highest BCUT2D eigenvalue weighted by Crippen LogP contribution is 2.18. The van der Waals surface area contributed by atoms with Crippen molar-refractivity contribution in [2.45, 2.75) is 13.8 Å². The van der Waals surface area contributed by atoms with E-state index in [1.54, 1.807) is 17.9 Å². The molecule has 3 nitrogen and oxygen atoms in total. The molecule has 2 rings (SSSR count). The molecule has 0 aromatic carbocycles. The number of ketones is 1. The minimum atomic E-state index is 0.0144. The first kappa shape index (κ1) is 9.98. The number of nitrogens with zero attached hydrogens (tertiary/aromatic N) is 2. The van der Waals surface area contributed by atoms with E-state index < -0.39 is 0 Å². The van der Waals surface area contributed by atoms with Crippen molar-refractivity contribution in [2.24, 2.45) is 0 Å². The highest BCUT2D eigenvalue weighted by Gasteiger charge is 2.15. The molecule has 0 amide bonds. The average Bonchev–Trinajstić information content (AvgIpc) is 2.64. The number of carbonyl (C=O) groups excluding carboxylic acids is 1. The van der Waals surface area contributed by atoms with Crippen LogP contribution in [0, 0.1) is 13.8 Å². The van der Waals surface area contributed by atoms with Gasteiger partial charge < -0.3 is 0 Å². The lowest BCUT2D eigenvalue weighted by atomic mass is 10.1. The molecule has 0 N–H and O–H groups in total. The monoisotopic (exact) mass is 218 g/mol. The molecule has 0 bridgehead atoms. The number of aromatic nitrogens is 2. The summed E-state index contributed by atoms with van der Waals surface area (Å²) in [7, 11) is 0. The van der Waals surface area contributed by atoms with Crippen LogP contribution in [0.5, 0.6) is 0 Å². The number of aryl methyl sites for hydroxylation is 2. The van der Waals surface area contributed by atoms with Crippen molar-refractivity contribution in [3.8, 4) is 0 Å². The smallest absolute Gasteiger partial charge is 0.206 e. The van der Waals surface area contributed by atoms with E-state index in [9.17, 15) is 4.79 Å². The summed E-state index contributed by atoms with van der Waals surface area (Å²) in [5, 5.41) is 0. The van der Waals surface area contributed by atoms with Crippen LogP contribution in [-0.4, -0.2) is 15.8 Å². The topological polar surface area (TPSA) is 42.9 Å². The van der Waals surface area contributed by atoms with Crippen LogP contribution in [0.4, 0.5) is 0 Å². The fourth-order valence-electron chi connectivity index (χ4n) is 1.34. The Kier molecular flexibility index (Phi) is 2.60. The van der Waals surface area contributed by atoms with Crippen molar-refractivity contribution in [2.75, 3.05) is 0 Å². The van der Waals surface area contributed by atoms with Gasteiger partial charge in [0.05, 0.1) is 16.1 Å². The summed E-state index contributed by atoms with van der Waals surface area (Å²) in [5.41, 5.74) is 4.08. The van der Waals surface area contributed by atoms with Crippen LogP contribution in [0.25, 0.3) is 0 Å². The molecule has 76 valence electrons. The standard InChI is InChI=1S/C11H10N2OS/c1-7-3-4-12-5-9(7)10(14)11-8(2)13-6-15-11/h3-6H,1-2H3. The predicted octanol–water partition coefficient (Wildman–Crippen LogP) is 2.39. The summed E-state index contributed by atoms with van der Waals surface area (Å²) in [5.74, 6) is 0.0144. The third-order valence-electron chi connectivity index (χ3n) is 2.24. The molecule has 15 heavy (non-hydrogen) atoms. The van der Waals surface area contributed by atoms with E-state index in [1.165, 1.54) is 11.3 Å². The molecule has 0 aliphatic rings. The Hall–Kier alpha value is -1.55. The first-order chi connectivity index (χ1) is 7.20. The van der Waals surface area contributed by atoms with Gasteiger partial charge in [-0.3, -0.25) is 9.78 Å². The molecule has 2 aromatic heterocycles. The van der Waals surface area contributed by atoms with Gasteiger partial charge in [0.25, 0.3) is 0 Å². The second kappa shape index (κ2) is 3.90. The van der Waals surface area contributed by atoms with Gasteiger partial charge in [-0.25, -0.2) is 4.98 Å². The van der Waals surface area contributed by atoms with E-state index in [4.69, 9.17) is 0 Å². The lowest BCUT2D eigenvalue weighted by Crippen LogP contribution is -2.03. The maximum absolute atomic E-state index is 12.1. The number of hydrogen-bond acceptors (Lipinski definition) is 4. The van der Waals surface area contributed by atoms with E-state index in [1.807, 2.05) is 19.9 Å². The van der Waals surface area contributed by atoms with Crippen molar-refractivity contribution in [3.05, 3.63) is 45.7 Å². The molecule has 0 fully saturated rings.